The molecule has 1 saturated carbocycles. The summed E-state index contributed by atoms with van der Waals surface area (Å²) >= 11 is 0. The quantitative estimate of drug-likeness (QED) is 0.848. The van der Waals surface area contributed by atoms with Crippen LogP contribution in [0.2, 0.25) is 0 Å². The van der Waals surface area contributed by atoms with E-state index in [0.717, 1.165) is 11.7 Å². The molecule has 0 unspecified atom stereocenters. The zero-order chi connectivity index (χ0) is 11.5. The van der Waals surface area contributed by atoms with Gasteiger partial charge in [-0.05, 0) is 32.6 Å². The second kappa shape index (κ2) is 4.68. The molecule has 0 aromatic carbocycles. The maximum Gasteiger partial charge on any atom is 0.218 e. The Kier molecular flexibility index (Phi) is 3.27. The molecule has 1 aromatic heterocycles. The van der Waals surface area contributed by atoms with Crippen molar-refractivity contribution in [2.45, 2.75) is 45.8 Å². The van der Waals surface area contributed by atoms with Gasteiger partial charge in [-0.2, -0.15) is 0 Å². The van der Waals surface area contributed by atoms with Crippen molar-refractivity contribution in [3.05, 3.63) is 12.4 Å². The molecule has 1 N–H and O–H groups in total. The molecule has 0 radical (unpaired) electrons. The van der Waals surface area contributed by atoms with Crippen LogP contribution in [0, 0.1) is 5.92 Å². The molecule has 0 spiro atoms. The predicted molar refractivity (Wildman–Crippen MR) is 63.6 cm³/mol. The number of anilines is 1. The van der Waals surface area contributed by atoms with Crippen molar-refractivity contribution in [1.29, 1.82) is 0 Å². The van der Waals surface area contributed by atoms with Gasteiger partial charge in [-0.15, -0.1) is 0 Å². The molecule has 0 atom stereocenters. The third-order valence-corrected chi connectivity index (χ3v) is 2.72. The number of aromatic nitrogens is 2. The first-order valence-electron chi connectivity index (χ1n) is 5.88. The number of ether oxygens (including phenoxy) is 1. The van der Waals surface area contributed by atoms with E-state index in [1.54, 1.807) is 6.33 Å². The van der Waals surface area contributed by atoms with Crippen LogP contribution in [-0.2, 0) is 0 Å². The van der Waals surface area contributed by atoms with Crippen LogP contribution in [0.25, 0.3) is 0 Å². The van der Waals surface area contributed by atoms with Crippen LogP contribution in [0.15, 0.2) is 12.4 Å². The minimum atomic E-state index is 0.145. The van der Waals surface area contributed by atoms with Gasteiger partial charge in [0.25, 0.3) is 0 Å². The van der Waals surface area contributed by atoms with Gasteiger partial charge in [-0.1, -0.05) is 6.92 Å². The van der Waals surface area contributed by atoms with E-state index in [0.29, 0.717) is 11.9 Å². The zero-order valence-electron chi connectivity index (χ0n) is 10.1. The average molecular weight is 221 g/mol. The summed E-state index contributed by atoms with van der Waals surface area (Å²) in [6.07, 6.45) is 4.14. The van der Waals surface area contributed by atoms with Crippen molar-refractivity contribution in [3.63, 3.8) is 0 Å². The Bertz CT molecular complexity index is 348. The van der Waals surface area contributed by atoms with E-state index in [1.165, 1.54) is 12.8 Å². The van der Waals surface area contributed by atoms with Gasteiger partial charge in [0.2, 0.25) is 5.88 Å². The summed E-state index contributed by atoms with van der Waals surface area (Å²) < 4.78 is 5.52. The number of nitrogens with one attached hydrogen (secondary N) is 1. The number of rotatable bonds is 4. The fourth-order valence-electron chi connectivity index (χ4n) is 1.95. The van der Waals surface area contributed by atoms with E-state index in [-0.39, 0.29) is 6.10 Å². The van der Waals surface area contributed by atoms with Gasteiger partial charge in [0.1, 0.15) is 12.1 Å². The van der Waals surface area contributed by atoms with Crippen LogP contribution in [-0.4, -0.2) is 22.1 Å². The van der Waals surface area contributed by atoms with Gasteiger partial charge in [0.05, 0.1) is 6.10 Å². The summed E-state index contributed by atoms with van der Waals surface area (Å²) in [5, 5.41) is 3.39. The van der Waals surface area contributed by atoms with E-state index in [9.17, 15) is 0 Å². The molecule has 1 fully saturated rings. The highest BCUT2D eigenvalue weighted by molar-refractivity contribution is 5.38. The molecule has 0 amide bonds. The van der Waals surface area contributed by atoms with Crippen LogP contribution in [0.4, 0.5) is 5.82 Å². The van der Waals surface area contributed by atoms with Crippen molar-refractivity contribution in [3.8, 4) is 5.88 Å². The summed E-state index contributed by atoms with van der Waals surface area (Å²) in [6, 6.07) is 2.43. The highest BCUT2D eigenvalue weighted by atomic mass is 16.5. The molecule has 4 heteroatoms. The lowest BCUT2D eigenvalue weighted by Crippen LogP contribution is -2.34. The standard InChI is InChI=1S/C12H19N3O/c1-8(2)16-12-6-11(13-7-14-12)15-10-4-9(3)5-10/h6-10H,4-5H2,1-3H3,(H,13,14,15). The molecule has 0 saturated heterocycles. The number of hydrogen-bond acceptors (Lipinski definition) is 4. The Balaban J connectivity index is 1.93. The summed E-state index contributed by atoms with van der Waals surface area (Å²) in [6.45, 7) is 6.25. The molecule has 16 heavy (non-hydrogen) atoms. The van der Waals surface area contributed by atoms with Crippen LogP contribution in [0.1, 0.15) is 33.6 Å². The van der Waals surface area contributed by atoms with E-state index in [1.807, 2.05) is 19.9 Å². The first-order valence-corrected chi connectivity index (χ1v) is 5.88. The number of hydrogen-bond donors (Lipinski definition) is 1. The first-order chi connectivity index (χ1) is 7.63. The highest BCUT2D eigenvalue weighted by Crippen LogP contribution is 2.29. The van der Waals surface area contributed by atoms with Gasteiger partial charge < -0.3 is 10.1 Å². The highest BCUT2D eigenvalue weighted by Gasteiger charge is 2.25. The van der Waals surface area contributed by atoms with Crippen molar-refractivity contribution >= 4 is 5.82 Å². The molecular weight excluding hydrogens is 202 g/mol. The molecule has 1 heterocycles. The van der Waals surface area contributed by atoms with E-state index < -0.39 is 0 Å². The molecule has 1 aromatic rings. The molecule has 0 bridgehead atoms. The van der Waals surface area contributed by atoms with Gasteiger partial charge in [-0.3, -0.25) is 0 Å². The third-order valence-electron chi connectivity index (χ3n) is 2.72. The fraction of sp³-hybridized carbons (Fsp3) is 0.667. The Morgan fingerprint density at radius 2 is 2.12 bits per heavy atom. The van der Waals surface area contributed by atoms with Gasteiger partial charge >= 0.3 is 0 Å². The lowest BCUT2D eigenvalue weighted by molar-refractivity contribution is 0.232. The SMILES string of the molecule is CC1CC(Nc2cc(OC(C)C)ncn2)C1. The zero-order valence-corrected chi connectivity index (χ0v) is 10.1. The van der Waals surface area contributed by atoms with Crippen molar-refractivity contribution < 1.29 is 4.74 Å². The lowest BCUT2D eigenvalue weighted by Gasteiger charge is -2.33. The molecule has 2 rings (SSSR count). The molecular formula is C12H19N3O. The molecule has 1 aliphatic carbocycles. The maximum atomic E-state index is 5.52. The Morgan fingerprint density at radius 1 is 1.38 bits per heavy atom. The minimum absolute atomic E-state index is 0.145. The first kappa shape index (κ1) is 11.2. The largest absolute Gasteiger partial charge is 0.475 e. The fourth-order valence-corrected chi connectivity index (χ4v) is 1.95. The topological polar surface area (TPSA) is 47.0 Å². The monoisotopic (exact) mass is 221 g/mol. The smallest absolute Gasteiger partial charge is 0.218 e. The van der Waals surface area contributed by atoms with Gasteiger partial charge in [0.15, 0.2) is 0 Å². The predicted octanol–water partition coefficient (Wildman–Crippen LogP) is 2.47. The summed E-state index contributed by atoms with van der Waals surface area (Å²) in [4.78, 5) is 8.26. The molecule has 0 aliphatic heterocycles. The lowest BCUT2D eigenvalue weighted by atomic mass is 9.82. The second-order valence-corrected chi connectivity index (χ2v) is 4.83. The van der Waals surface area contributed by atoms with Crippen LogP contribution < -0.4 is 10.1 Å². The number of nitrogens with zero attached hydrogens (tertiary/aromatic N) is 2. The van der Waals surface area contributed by atoms with Crippen LogP contribution in [0.3, 0.4) is 0 Å². The third kappa shape index (κ3) is 2.84. The summed E-state index contributed by atoms with van der Waals surface area (Å²) in [5.74, 6) is 2.34. The summed E-state index contributed by atoms with van der Waals surface area (Å²) in [5.41, 5.74) is 0. The van der Waals surface area contributed by atoms with Crippen LogP contribution in [0.5, 0.6) is 5.88 Å². The Hall–Kier alpha value is -1.32. The minimum Gasteiger partial charge on any atom is -0.475 e. The van der Waals surface area contributed by atoms with Crippen LogP contribution >= 0.6 is 0 Å². The molecule has 1 aliphatic rings. The average Bonchev–Trinajstić information content (AvgIpc) is 2.15. The normalized spacial score (nSPS) is 24.0. The Labute approximate surface area is 96.4 Å². The van der Waals surface area contributed by atoms with E-state index in [4.69, 9.17) is 4.74 Å². The van der Waals surface area contributed by atoms with Crippen molar-refractivity contribution in [2.75, 3.05) is 5.32 Å². The molecule has 4 nitrogen and oxygen atoms in total. The second-order valence-electron chi connectivity index (χ2n) is 4.83. The molecule has 88 valence electrons. The van der Waals surface area contributed by atoms with E-state index >= 15 is 0 Å². The van der Waals surface area contributed by atoms with E-state index in [2.05, 4.69) is 22.2 Å². The van der Waals surface area contributed by atoms with Crippen molar-refractivity contribution in [2.24, 2.45) is 5.92 Å². The van der Waals surface area contributed by atoms with Crippen molar-refractivity contribution in [1.82, 2.24) is 9.97 Å². The maximum absolute atomic E-state index is 5.52. The van der Waals surface area contributed by atoms with Gasteiger partial charge in [0, 0.05) is 12.1 Å². The summed E-state index contributed by atoms with van der Waals surface area (Å²) in [7, 11) is 0. The van der Waals surface area contributed by atoms with Gasteiger partial charge in [-0.25, -0.2) is 9.97 Å². The Morgan fingerprint density at radius 3 is 2.75 bits per heavy atom.